The number of hydrogen-bond donors (Lipinski definition) is 0. The van der Waals surface area contributed by atoms with Gasteiger partial charge >= 0.3 is 0 Å². The highest BCUT2D eigenvalue weighted by molar-refractivity contribution is 6.11. The van der Waals surface area contributed by atoms with E-state index in [2.05, 4.69) is 50.2 Å². The minimum Gasteiger partial charge on any atom is -0.456 e. The van der Waals surface area contributed by atoms with Crippen LogP contribution in [0.15, 0.2) is 101 Å². The molecular weight excluding hydrogens is 418 g/mol. The van der Waals surface area contributed by atoms with Gasteiger partial charge in [-0.1, -0.05) is 98.8 Å². The summed E-state index contributed by atoms with van der Waals surface area (Å²) in [6.07, 6.45) is 0. The average Bonchev–Trinajstić information content (AvgIpc) is 3.28. The molecule has 6 aromatic rings. The predicted octanol–water partition coefficient (Wildman–Crippen LogP) is 7.90. The average molecular weight is 442 g/mol. The quantitative estimate of drug-likeness (QED) is 0.279. The first kappa shape index (κ1) is 20.3. The van der Waals surface area contributed by atoms with E-state index in [1.54, 1.807) is 0 Å². The zero-order valence-electron chi connectivity index (χ0n) is 19.1. The fraction of sp³-hybridized carbons (Fsp3) is 0.100. The summed E-state index contributed by atoms with van der Waals surface area (Å²) >= 11 is 0. The summed E-state index contributed by atoms with van der Waals surface area (Å²) in [5, 5.41) is 2.07. The van der Waals surface area contributed by atoms with E-state index in [0.717, 1.165) is 38.6 Å². The lowest BCUT2D eigenvalue weighted by atomic mass is 10.0. The van der Waals surface area contributed by atoms with Crippen LogP contribution in [-0.4, -0.2) is 15.0 Å². The van der Waals surface area contributed by atoms with Gasteiger partial charge in [0, 0.05) is 27.5 Å². The fourth-order valence-electron chi connectivity index (χ4n) is 4.32. The van der Waals surface area contributed by atoms with Crippen molar-refractivity contribution in [2.75, 3.05) is 0 Å². The van der Waals surface area contributed by atoms with E-state index in [4.69, 9.17) is 19.4 Å². The molecule has 0 spiro atoms. The summed E-state index contributed by atoms with van der Waals surface area (Å²) in [6.45, 7) is 4.39. The normalized spacial score (nSPS) is 11.5. The number of furan rings is 1. The molecule has 0 unspecified atom stereocenters. The first-order valence-electron chi connectivity index (χ1n) is 11.5. The molecule has 164 valence electrons. The molecule has 2 heterocycles. The monoisotopic (exact) mass is 441 g/mol. The smallest absolute Gasteiger partial charge is 0.164 e. The highest BCUT2D eigenvalue weighted by Crippen LogP contribution is 2.36. The minimum absolute atomic E-state index is 0.467. The third kappa shape index (κ3) is 3.54. The number of aromatic nitrogens is 3. The van der Waals surface area contributed by atoms with Crippen molar-refractivity contribution in [2.45, 2.75) is 19.8 Å². The molecule has 0 amide bonds. The molecule has 0 aliphatic heterocycles. The van der Waals surface area contributed by atoms with Crippen LogP contribution < -0.4 is 0 Å². The molecule has 4 aromatic carbocycles. The van der Waals surface area contributed by atoms with E-state index in [9.17, 15) is 0 Å². The van der Waals surface area contributed by atoms with Crippen molar-refractivity contribution in [3.63, 3.8) is 0 Å². The molecule has 4 nitrogen and oxygen atoms in total. The molecule has 0 N–H and O–H groups in total. The second-order valence-corrected chi connectivity index (χ2v) is 8.73. The molecule has 0 aliphatic rings. The van der Waals surface area contributed by atoms with Gasteiger partial charge in [-0.25, -0.2) is 15.0 Å². The molecule has 0 aliphatic carbocycles. The lowest BCUT2D eigenvalue weighted by Gasteiger charge is -2.10. The van der Waals surface area contributed by atoms with Gasteiger partial charge in [-0.2, -0.15) is 0 Å². The molecule has 34 heavy (non-hydrogen) atoms. The molecule has 0 fully saturated rings. The Balaban J connectivity index is 1.60. The van der Waals surface area contributed by atoms with E-state index in [1.807, 2.05) is 60.7 Å². The maximum atomic E-state index is 6.11. The summed E-state index contributed by atoms with van der Waals surface area (Å²) < 4.78 is 6.11. The molecule has 0 saturated carbocycles. The Labute approximate surface area is 198 Å². The predicted molar refractivity (Wildman–Crippen MR) is 138 cm³/mol. The molecule has 0 bridgehead atoms. The number of nitrogens with zero attached hydrogens (tertiary/aromatic N) is 3. The highest BCUT2D eigenvalue weighted by atomic mass is 16.3. The van der Waals surface area contributed by atoms with Crippen molar-refractivity contribution in [1.82, 2.24) is 15.0 Å². The molecule has 0 atom stereocenters. The van der Waals surface area contributed by atoms with E-state index in [1.165, 1.54) is 5.56 Å². The molecule has 6 rings (SSSR count). The number of fused-ring (bicyclic) bond motifs is 3. The van der Waals surface area contributed by atoms with Gasteiger partial charge in [0.05, 0.1) is 0 Å². The van der Waals surface area contributed by atoms with Crippen molar-refractivity contribution in [2.24, 2.45) is 0 Å². The number of para-hydroxylation sites is 1. The van der Waals surface area contributed by atoms with E-state index < -0.39 is 0 Å². The van der Waals surface area contributed by atoms with Gasteiger partial charge in [-0.15, -0.1) is 0 Å². The lowest BCUT2D eigenvalue weighted by molar-refractivity contribution is 0.669. The number of rotatable bonds is 4. The van der Waals surface area contributed by atoms with Crippen molar-refractivity contribution in [1.29, 1.82) is 0 Å². The Kier molecular flexibility index (Phi) is 4.92. The Hall–Kier alpha value is -4.31. The van der Waals surface area contributed by atoms with Gasteiger partial charge in [0.1, 0.15) is 11.2 Å². The molecule has 4 heteroatoms. The minimum atomic E-state index is 0.467. The summed E-state index contributed by atoms with van der Waals surface area (Å²) in [4.78, 5) is 14.7. The van der Waals surface area contributed by atoms with E-state index in [0.29, 0.717) is 23.4 Å². The third-order valence-electron chi connectivity index (χ3n) is 6.15. The van der Waals surface area contributed by atoms with E-state index >= 15 is 0 Å². The van der Waals surface area contributed by atoms with Gasteiger partial charge in [0.15, 0.2) is 17.5 Å². The Bertz CT molecular complexity index is 1620. The Morgan fingerprint density at radius 3 is 1.91 bits per heavy atom. The summed E-state index contributed by atoms with van der Waals surface area (Å²) in [5.74, 6) is 2.41. The Morgan fingerprint density at radius 1 is 0.559 bits per heavy atom. The first-order valence-corrected chi connectivity index (χ1v) is 11.5. The lowest BCUT2D eigenvalue weighted by Crippen LogP contribution is -2.00. The number of benzene rings is 4. The van der Waals surface area contributed by atoms with E-state index in [-0.39, 0.29) is 0 Å². The van der Waals surface area contributed by atoms with Crippen LogP contribution in [-0.2, 0) is 0 Å². The topological polar surface area (TPSA) is 51.8 Å². The van der Waals surface area contributed by atoms with Crippen LogP contribution in [0, 0.1) is 0 Å². The summed E-state index contributed by atoms with van der Waals surface area (Å²) in [5.41, 5.74) is 5.82. The molecular formula is C30H23N3O. The zero-order chi connectivity index (χ0) is 23.1. The van der Waals surface area contributed by atoms with Gasteiger partial charge in [0.25, 0.3) is 0 Å². The van der Waals surface area contributed by atoms with Crippen LogP contribution in [0.3, 0.4) is 0 Å². The van der Waals surface area contributed by atoms with Crippen molar-refractivity contribution in [3.8, 4) is 34.2 Å². The number of hydrogen-bond acceptors (Lipinski definition) is 4. The van der Waals surface area contributed by atoms with Crippen molar-refractivity contribution >= 4 is 21.9 Å². The van der Waals surface area contributed by atoms with Crippen LogP contribution in [0.25, 0.3) is 56.1 Å². The second kappa shape index (κ2) is 8.23. The van der Waals surface area contributed by atoms with Gasteiger partial charge in [-0.05, 0) is 23.6 Å². The third-order valence-corrected chi connectivity index (χ3v) is 6.15. The van der Waals surface area contributed by atoms with Crippen LogP contribution >= 0.6 is 0 Å². The highest BCUT2D eigenvalue weighted by Gasteiger charge is 2.17. The summed E-state index contributed by atoms with van der Waals surface area (Å²) in [7, 11) is 0. The fourth-order valence-corrected chi connectivity index (χ4v) is 4.32. The standard InChI is InChI=1S/C30H23N3O/c1-19(2)20-15-17-22(18-16-20)29-31-28(21-9-4-3-5-10-21)32-30(33-29)24-12-8-14-26-27(24)23-11-6-7-13-25(23)34-26/h3-19H,1-2H3. The molecule has 2 aromatic heterocycles. The van der Waals surface area contributed by atoms with Crippen LogP contribution in [0.4, 0.5) is 0 Å². The maximum Gasteiger partial charge on any atom is 0.164 e. The zero-order valence-corrected chi connectivity index (χ0v) is 19.1. The van der Waals surface area contributed by atoms with Crippen LogP contribution in [0.2, 0.25) is 0 Å². The van der Waals surface area contributed by atoms with Gasteiger partial charge in [0.2, 0.25) is 0 Å². The molecule has 0 saturated heterocycles. The largest absolute Gasteiger partial charge is 0.456 e. The Morgan fingerprint density at radius 2 is 1.18 bits per heavy atom. The SMILES string of the molecule is CC(C)c1ccc(-c2nc(-c3ccccc3)nc(-c3cccc4oc5ccccc5c34)n2)cc1. The second-order valence-electron chi connectivity index (χ2n) is 8.73. The first-order chi connectivity index (χ1) is 16.7. The maximum absolute atomic E-state index is 6.11. The van der Waals surface area contributed by atoms with Crippen molar-refractivity contribution in [3.05, 3.63) is 103 Å². The van der Waals surface area contributed by atoms with Crippen molar-refractivity contribution < 1.29 is 4.42 Å². The van der Waals surface area contributed by atoms with Crippen LogP contribution in [0.1, 0.15) is 25.3 Å². The van der Waals surface area contributed by atoms with Crippen LogP contribution in [0.5, 0.6) is 0 Å². The molecule has 0 radical (unpaired) electrons. The summed E-state index contributed by atoms with van der Waals surface area (Å²) in [6, 6.07) is 32.7. The van der Waals surface area contributed by atoms with Gasteiger partial charge in [-0.3, -0.25) is 0 Å². The van der Waals surface area contributed by atoms with Gasteiger partial charge < -0.3 is 4.42 Å².